The van der Waals surface area contributed by atoms with E-state index in [2.05, 4.69) is 0 Å². The molecule has 3 unspecified atom stereocenters. The fourth-order valence-corrected chi connectivity index (χ4v) is 1.03. The lowest BCUT2D eigenvalue weighted by Crippen LogP contribution is -2.53. The third kappa shape index (κ3) is 1.69. The molecule has 1 fully saturated rings. The number of aliphatic hydroxyl groups is 4. The third-order valence-corrected chi connectivity index (χ3v) is 1.79. The molecule has 5 heteroatoms. The Labute approximate surface area is 63.8 Å². The lowest BCUT2D eigenvalue weighted by molar-refractivity contribution is -0.195. The van der Waals surface area contributed by atoms with Gasteiger partial charge in [0.1, 0.15) is 24.4 Å². The van der Waals surface area contributed by atoms with Crippen LogP contribution < -0.4 is 0 Å². The molecule has 0 aliphatic carbocycles. The molecule has 4 atom stereocenters. The fourth-order valence-electron chi connectivity index (χ4n) is 1.03. The van der Waals surface area contributed by atoms with Crippen LogP contribution in [-0.4, -0.2) is 58.1 Å². The molecular weight excluding hydrogens is 152 g/mol. The van der Waals surface area contributed by atoms with Crippen LogP contribution in [0.4, 0.5) is 0 Å². The van der Waals surface area contributed by atoms with Gasteiger partial charge < -0.3 is 25.2 Å². The zero-order chi connectivity index (χ0) is 8.43. The van der Waals surface area contributed by atoms with E-state index in [1.807, 2.05) is 0 Å². The number of hydrogen-bond acceptors (Lipinski definition) is 5. The number of hydrogen-bond donors (Lipinski definition) is 4. The van der Waals surface area contributed by atoms with Gasteiger partial charge in [-0.3, -0.25) is 0 Å². The maximum atomic E-state index is 9.11. The number of rotatable bonds is 1. The van der Waals surface area contributed by atoms with E-state index in [0.717, 1.165) is 0 Å². The van der Waals surface area contributed by atoms with Crippen molar-refractivity contribution in [3.05, 3.63) is 0 Å². The van der Waals surface area contributed by atoms with Crippen LogP contribution in [0.2, 0.25) is 0 Å². The van der Waals surface area contributed by atoms with E-state index in [-0.39, 0.29) is 13.2 Å². The molecule has 66 valence electrons. The molecule has 5 nitrogen and oxygen atoms in total. The van der Waals surface area contributed by atoms with Crippen molar-refractivity contribution in [2.75, 3.05) is 13.2 Å². The minimum absolute atomic E-state index is 0.0521. The van der Waals surface area contributed by atoms with Crippen molar-refractivity contribution in [1.82, 2.24) is 0 Å². The molecule has 1 aliphatic heterocycles. The summed E-state index contributed by atoms with van der Waals surface area (Å²) in [5.74, 6) is 0. The molecule has 0 aromatic carbocycles. The second-order valence-electron chi connectivity index (χ2n) is 2.60. The quantitative estimate of drug-likeness (QED) is 0.343. The molecule has 0 aromatic rings. The van der Waals surface area contributed by atoms with Gasteiger partial charge in [0.15, 0.2) is 0 Å². The van der Waals surface area contributed by atoms with Crippen LogP contribution in [0.1, 0.15) is 0 Å². The summed E-state index contributed by atoms with van der Waals surface area (Å²) >= 11 is 0. The van der Waals surface area contributed by atoms with E-state index in [9.17, 15) is 0 Å². The Kier molecular flexibility index (Phi) is 2.80. The normalized spacial score (nSPS) is 45.8. The van der Waals surface area contributed by atoms with Gasteiger partial charge in [0.2, 0.25) is 0 Å². The zero-order valence-electron chi connectivity index (χ0n) is 5.92. The van der Waals surface area contributed by atoms with Crippen molar-refractivity contribution in [1.29, 1.82) is 0 Å². The monoisotopic (exact) mass is 164 g/mol. The van der Waals surface area contributed by atoms with Crippen LogP contribution in [0, 0.1) is 0 Å². The summed E-state index contributed by atoms with van der Waals surface area (Å²) in [6.07, 6.45) is -4.27. The Morgan fingerprint density at radius 1 is 1.18 bits per heavy atom. The summed E-state index contributed by atoms with van der Waals surface area (Å²) in [6, 6.07) is 0. The van der Waals surface area contributed by atoms with Gasteiger partial charge in [-0.25, -0.2) is 0 Å². The van der Waals surface area contributed by atoms with E-state index < -0.39 is 24.4 Å². The Hall–Kier alpha value is -0.200. The van der Waals surface area contributed by atoms with Gasteiger partial charge in [0.25, 0.3) is 0 Å². The van der Waals surface area contributed by atoms with Crippen molar-refractivity contribution in [2.45, 2.75) is 24.4 Å². The Balaban J connectivity index is 2.52. The summed E-state index contributed by atoms with van der Waals surface area (Å²) < 4.78 is 4.81. The smallest absolute Gasteiger partial charge is 0.111 e. The first-order valence-corrected chi connectivity index (χ1v) is 3.43. The molecule has 0 bridgehead atoms. The highest BCUT2D eigenvalue weighted by atomic mass is 16.5. The molecule has 1 heterocycles. The molecule has 1 saturated heterocycles. The second kappa shape index (κ2) is 3.46. The molecule has 0 radical (unpaired) electrons. The Bertz CT molecular complexity index is 126. The van der Waals surface area contributed by atoms with Crippen LogP contribution in [0.5, 0.6) is 0 Å². The first-order valence-electron chi connectivity index (χ1n) is 3.43. The van der Waals surface area contributed by atoms with Crippen LogP contribution >= 0.6 is 0 Å². The van der Waals surface area contributed by atoms with Gasteiger partial charge in [0, 0.05) is 0 Å². The van der Waals surface area contributed by atoms with E-state index in [4.69, 9.17) is 25.2 Å². The molecule has 0 spiro atoms. The van der Waals surface area contributed by atoms with Gasteiger partial charge in [-0.15, -0.1) is 0 Å². The highest BCUT2D eigenvalue weighted by Gasteiger charge is 2.36. The van der Waals surface area contributed by atoms with Crippen molar-refractivity contribution < 1.29 is 25.2 Å². The molecule has 11 heavy (non-hydrogen) atoms. The number of aliphatic hydroxyl groups excluding tert-OH is 4. The highest BCUT2D eigenvalue weighted by molar-refractivity contribution is 4.85. The summed E-state index contributed by atoms with van der Waals surface area (Å²) in [5, 5.41) is 35.7. The van der Waals surface area contributed by atoms with Gasteiger partial charge in [-0.1, -0.05) is 0 Å². The average molecular weight is 164 g/mol. The van der Waals surface area contributed by atoms with Crippen LogP contribution in [0.15, 0.2) is 0 Å². The van der Waals surface area contributed by atoms with Crippen LogP contribution in [0.25, 0.3) is 0 Å². The van der Waals surface area contributed by atoms with E-state index in [1.54, 1.807) is 0 Å². The van der Waals surface area contributed by atoms with Crippen molar-refractivity contribution in [2.24, 2.45) is 0 Å². The van der Waals surface area contributed by atoms with Crippen molar-refractivity contribution >= 4 is 0 Å². The highest BCUT2D eigenvalue weighted by Crippen LogP contribution is 2.14. The lowest BCUT2D eigenvalue weighted by atomic mass is 10.0. The summed E-state index contributed by atoms with van der Waals surface area (Å²) in [6.45, 7) is -0.408. The molecule has 0 aromatic heterocycles. The summed E-state index contributed by atoms with van der Waals surface area (Å²) in [5.41, 5.74) is 0. The average Bonchev–Trinajstić information content (AvgIpc) is 2.01. The maximum absolute atomic E-state index is 9.11. The Morgan fingerprint density at radius 3 is 2.36 bits per heavy atom. The SMILES string of the molecule is OC[C@@H]1OCC(O)C(O)C1O. The molecular formula is C6H12O5. The van der Waals surface area contributed by atoms with E-state index in [0.29, 0.717) is 0 Å². The van der Waals surface area contributed by atoms with E-state index in [1.165, 1.54) is 0 Å². The molecule has 0 amide bonds. The predicted molar refractivity (Wildman–Crippen MR) is 34.8 cm³/mol. The van der Waals surface area contributed by atoms with Gasteiger partial charge in [-0.2, -0.15) is 0 Å². The van der Waals surface area contributed by atoms with Gasteiger partial charge in [-0.05, 0) is 0 Å². The largest absolute Gasteiger partial charge is 0.394 e. The minimum atomic E-state index is -1.22. The third-order valence-electron chi connectivity index (χ3n) is 1.79. The first kappa shape index (κ1) is 8.89. The second-order valence-corrected chi connectivity index (χ2v) is 2.60. The maximum Gasteiger partial charge on any atom is 0.111 e. The minimum Gasteiger partial charge on any atom is -0.394 e. The fraction of sp³-hybridized carbons (Fsp3) is 1.00. The topological polar surface area (TPSA) is 90.2 Å². The molecule has 1 aliphatic rings. The van der Waals surface area contributed by atoms with E-state index >= 15 is 0 Å². The van der Waals surface area contributed by atoms with Gasteiger partial charge in [0.05, 0.1) is 13.2 Å². The zero-order valence-corrected chi connectivity index (χ0v) is 5.92. The van der Waals surface area contributed by atoms with Crippen LogP contribution in [-0.2, 0) is 4.74 Å². The summed E-state index contributed by atoms with van der Waals surface area (Å²) in [4.78, 5) is 0. The predicted octanol–water partition coefficient (Wildman–Crippen LogP) is -2.54. The summed E-state index contributed by atoms with van der Waals surface area (Å²) in [7, 11) is 0. The standard InChI is InChI=1S/C6H12O5/c7-1-4-6(10)5(9)3(8)2-11-4/h3-10H,1-2H2/t3?,4-,5?,6?/m0/s1. The molecule has 1 rings (SSSR count). The Morgan fingerprint density at radius 2 is 1.82 bits per heavy atom. The van der Waals surface area contributed by atoms with Crippen LogP contribution in [0.3, 0.4) is 0 Å². The molecule has 0 saturated carbocycles. The van der Waals surface area contributed by atoms with Crippen molar-refractivity contribution in [3.8, 4) is 0 Å². The number of ether oxygens (including phenoxy) is 1. The first-order chi connectivity index (χ1) is 5.16. The molecule has 4 N–H and O–H groups in total. The van der Waals surface area contributed by atoms with Gasteiger partial charge >= 0.3 is 0 Å². The van der Waals surface area contributed by atoms with Crippen molar-refractivity contribution in [3.63, 3.8) is 0 Å². The lowest BCUT2D eigenvalue weighted by Gasteiger charge is -2.34.